The third kappa shape index (κ3) is 3.02. The van der Waals surface area contributed by atoms with Crippen LogP contribution in [-0.2, 0) is 0 Å². The lowest BCUT2D eigenvalue weighted by molar-refractivity contribution is 0.412. The normalized spacial score (nSPS) is 10.7. The lowest BCUT2D eigenvalue weighted by Crippen LogP contribution is -1.96. The number of fused-ring (bicyclic) bond motifs is 1. The molecule has 0 atom stereocenters. The van der Waals surface area contributed by atoms with Crippen LogP contribution in [-0.4, -0.2) is 22.2 Å². The van der Waals surface area contributed by atoms with Crippen LogP contribution in [0.3, 0.4) is 0 Å². The van der Waals surface area contributed by atoms with E-state index in [9.17, 15) is 5.11 Å². The van der Waals surface area contributed by atoms with Crippen molar-refractivity contribution >= 4 is 10.9 Å². The van der Waals surface area contributed by atoms with Crippen LogP contribution in [0.4, 0.5) is 0 Å². The molecule has 5 nitrogen and oxygen atoms in total. The number of nitrogens with zero attached hydrogens (tertiary/aromatic N) is 2. The Hall–Kier alpha value is -3.60. The first-order valence-corrected chi connectivity index (χ1v) is 8.11. The van der Waals surface area contributed by atoms with Gasteiger partial charge >= 0.3 is 0 Å². The van der Waals surface area contributed by atoms with Crippen molar-refractivity contribution in [2.75, 3.05) is 7.11 Å². The zero-order valence-corrected chi connectivity index (χ0v) is 14.1. The Morgan fingerprint density at radius 2 is 1.46 bits per heavy atom. The third-order valence-electron chi connectivity index (χ3n) is 3.99. The molecule has 128 valence electrons. The molecule has 0 radical (unpaired) electrons. The Balaban J connectivity index is 1.83. The number of ether oxygens (including phenoxy) is 2. The summed E-state index contributed by atoms with van der Waals surface area (Å²) in [7, 11) is 1.62. The van der Waals surface area contributed by atoms with E-state index in [2.05, 4.69) is 9.97 Å². The van der Waals surface area contributed by atoms with Gasteiger partial charge in [-0.3, -0.25) is 0 Å². The van der Waals surface area contributed by atoms with Crippen molar-refractivity contribution in [3.05, 3.63) is 72.8 Å². The van der Waals surface area contributed by atoms with E-state index in [0.717, 1.165) is 16.7 Å². The molecule has 0 saturated heterocycles. The largest absolute Gasteiger partial charge is 0.507 e. The second kappa shape index (κ2) is 6.72. The quantitative estimate of drug-likeness (QED) is 0.576. The fraction of sp³-hybridized carbons (Fsp3) is 0.0476. The number of aromatic nitrogens is 2. The van der Waals surface area contributed by atoms with Gasteiger partial charge in [-0.1, -0.05) is 24.3 Å². The number of hydrogen-bond donors (Lipinski definition) is 1. The van der Waals surface area contributed by atoms with Crippen LogP contribution >= 0.6 is 0 Å². The molecule has 0 unspecified atom stereocenters. The molecule has 0 aliphatic carbocycles. The molecule has 0 saturated carbocycles. The molecule has 0 amide bonds. The van der Waals surface area contributed by atoms with Gasteiger partial charge in [0.1, 0.15) is 17.2 Å². The lowest BCUT2D eigenvalue weighted by atomic mass is 10.1. The first-order chi connectivity index (χ1) is 12.7. The highest BCUT2D eigenvalue weighted by atomic mass is 16.5. The van der Waals surface area contributed by atoms with Crippen LogP contribution < -0.4 is 9.47 Å². The summed E-state index contributed by atoms with van der Waals surface area (Å²) in [6.07, 6.45) is 0. The molecule has 4 rings (SSSR count). The number of para-hydroxylation sites is 2. The molecule has 1 heterocycles. The second-order valence-corrected chi connectivity index (χ2v) is 5.66. The number of methoxy groups -OCH3 is 1. The number of phenols is 1. The maximum absolute atomic E-state index is 10.1. The third-order valence-corrected chi connectivity index (χ3v) is 3.99. The molecular formula is C21H16N2O3. The standard InChI is InChI=1S/C21H16N2O3/c1-25-14-10-12-15(13-11-14)26-21-16-6-2-4-8-18(16)22-20(23-21)17-7-3-5-9-19(17)24/h2-13,24H,1H3. The topological polar surface area (TPSA) is 64.5 Å². The fourth-order valence-corrected chi connectivity index (χ4v) is 2.66. The average Bonchev–Trinajstić information content (AvgIpc) is 2.69. The molecule has 1 N–H and O–H groups in total. The first kappa shape index (κ1) is 15.9. The summed E-state index contributed by atoms with van der Waals surface area (Å²) in [6.45, 7) is 0. The van der Waals surface area contributed by atoms with E-state index >= 15 is 0 Å². The summed E-state index contributed by atoms with van der Waals surface area (Å²) in [5, 5.41) is 10.9. The maximum atomic E-state index is 10.1. The molecular weight excluding hydrogens is 328 g/mol. The summed E-state index contributed by atoms with van der Waals surface area (Å²) in [5.74, 6) is 2.35. The first-order valence-electron chi connectivity index (χ1n) is 8.11. The summed E-state index contributed by atoms with van der Waals surface area (Å²) < 4.78 is 11.2. The van der Waals surface area contributed by atoms with E-state index in [1.807, 2.05) is 54.6 Å². The Morgan fingerprint density at radius 3 is 2.23 bits per heavy atom. The summed E-state index contributed by atoms with van der Waals surface area (Å²) in [5.41, 5.74) is 1.29. The fourth-order valence-electron chi connectivity index (χ4n) is 2.66. The number of rotatable bonds is 4. The molecule has 0 aliphatic heterocycles. The minimum absolute atomic E-state index is 0.123. The van der Waals surface area contributed by atoms with Crippen LogP contribution in [0.1, 0.15) is 0 Å². The number of phenolic OH excluding ortho intramolecular Hbond substituents is 1. The minimum atomic E-state index is 0.123. The van der Waals surface area contributed by atoms with Crippen molar-refractivity contribution in [3.8, 4) is 34.5 Å². The average molecular weight is 344 g/mol. The predicted octanol–water partition coefficient (Wildman–Crippen LogP) is 4.80. The number of aromatic hydroxyl groups is 1. The van der Waals surface area contributed by atoms with Gasteiger partial charge in [-0.2, -0.15) is 4.98 Å². The number of benzene rings is 3. The maximum Gasteiger partial charge on any atom is 0.230 e. The highest BCUT2D eigenvalue weighted by Crippen LogP contribution is 2.33. The molecule has 5 heteroatoms. The van der Waals surface area contributed by atoms with Gasteiger partial charge in [-0.15, -0.1) is 0 Å². The SMILES string of the molecule is COc1ccc(Oc2nc(-c3ccccc3O)nc3ccccc23)cc1. The summed E-state index contributed by atoms with van der Waals surface area (Å²) in [4.78, 5) is 9.11. The van der Waals surface area contributed by atoms with Crippen molar-refractivity contribution in [2.45, 2.75) is 0 Å². The summed E-state index contributed by atoms with van der Waals surface area (Å²) in [6, 6.07) is 21.9. The molecule has 3 aromatic carbocycles. The van der Waals surface area contributed by atoms with Gasteiger partial charge < -0.3 is 14.6 Å². The predicted molar refractivity (Wildman–Crippen MR) is 99.7 cm³/mol. The summed E-state index contributed by atoms with van der Waals surface area (Å²) >= 11 is 0. The van der Waals surface area contributed by atoms with Crippen LogP contribution in [0.5, 0.6) is 23.1 Å². The van der Waals surface area contributed by atoms with Gasteiger partial charge in [0.05, 0.1) is 23.6 Å². The Bertz CT molecular complexity index is 1060. The van der Waals surface area contributed by atoms with Crippen molar-refractivity contribution in [1.29, 1.82) is 0 Å². The minimum Gasteiger partial charge on any atom is -0.507 e. The Labute approximate surface area is 150 Å². The molecule has 0 fully saturated rings. The zero-order chi connectivity index (χ0) is 17.9. The van der Waals surface area contributed by atoms with E-state index in [4.69, 9.17) is 9.47 Å². The molecule has 1 aromatic heterocycles. The van der Waals surface area contributed by atoms with Gasteiger partial charge in [0.2, 0.25) is 5.88 Å². The van der Waals surface area contributed by atoms with Gasteiger partial charge in [-0.05, 0) is 48.5 Å². The number of hydrogen-bond acceptors (Lipinski definition) is 5. The molecule has 0 bridgehead atoms. The van der Waals surface area contributed by atoms with Crippen LogP contribution in [0.15, 0.2) is 72.8 Å². The van der Waals surface area contributed by atoms with Crippen molar-refractivity contribution in [1.82, 2.24) is 9.97 Å². The molecule has 26 heavy (non-hydrogen) atoms. The monoisotopic (exact) mass is 344 g/mol. The van der Waals surface area contributed by atoms with Crippen molar-refractivity contribution in [3.63, 3.8) is 0 Å². The van der Waals surface area contributed by atoms with Crippen LogP contribution in [0, 0.1) is 0 Å². The highest BCUT2D eigenvalue weighted by Gasteiger charge is 2.13. The van der Waals surface area contributed by atoms with E-state index in [1.54, 1.807) is 25.3 Å². The van der Waals surface area contributed by atoms with Crippen LogP contribution in [0.2, 0.25) is 0 Å². The van der Waals surface area contributed by atoms with E-state index in [1.165, 1.54) is 0 Å². The Kier molecular flexibility index (Phi) is 4.11. The molecule has 4 aromatic rings. The van der Waals surface area contributed by atoms with Gasteiger partial charge in [-0.25, -0.2) is 4.98 Å². The Morgan fingerprint density at radius 1 is 0.769 bits per heavy atom. The highest BCUT2D eigenvalue weighted by molar-refractivity contribution is 5.85. The van der Waals surface area contributed by atoms with Gasteiger partial charge in [0.15, 0.2) is 5.82 Å². The van der Waals surface area contributed by atoms with E-state index in [0.29, 0.717) is 23.0 Å². The van der Waals surface area contributed by atoms with Crippen molar-refractivity contribution < 1.29 is 14.6 Å². The molecule has 0 spiro atoms. The van der Waals surface area contributed by atoms with Crippen LogP contribution in [0.25, 0.3) is 22.3 Å². The molecule has 0 aliphatic rings. The van der Waals surface area contributed by atoms with Gasteiger partial charge in [0.25, 0.3) is 0 Å². The van der Waals surface area contributed by atoms with Crippen molar-refractivity contribution in [2.24, 2.45) is 0 Å². The second-order valence-electron chi connectivity index (χ2n) is 5.66. The smallest absolute Gasteiger partial charge is 0.230 e. The van der Waals surface area contributed by atoms with E-state index in [-0.39, 0.29) is 5.75 Å². The van der Waals surface area contributed by atoms with E-state index < -0.39 is 0 Å². The zero-order valence-electron chi connectivity index (χ0n) is 14.1. The lowest BCUT2D eigenvalue weighted by Gasteiger charge is -2.11. The van der Waals surface area contributed by atoms with Gasteiger partial charge in [0, 0.05) is 0 Å².